The number of fused-ring (bicyclic) bond motifs is 5. The Morgan fingerprint density at radius 3 is 1.18 bits per heavy atom. The Balaban J connectivity index is 1.06. The predicted molar refractivity (Wildman–Crippen MR) is 241 cm³/mol. The van der Waals surface area contributed by atoms with Crippen molar-refractivity contribution in [2.45, 2.75) is 5.41 Å². The summed E-state index contributed by atoms with van der Waals surface area (Å²) in [6.45, 7) is 0. The monoisotopic (exact) mass is 722 g/mol. The molecule has 0 nitrogen and oxygen atoms in total. The van der Waals surface area contributed by atoms with Gasteiger partial charge in [0.1, 0.15) is 0 Å². The van der Waals surface area contributed by atoms with Crippen LogP contribution in [0.15, 0.2) is 231 Å². The van der Waals surface area contributed by atoms with E-state index in [1.165, 1.54) is 99.4 Å². The summed E-state index contributed by atoms with van der Waals surface area (Å²) in [5, 5.41) is 5.05. The van der Waals surface area contributed by atoms with Gasteiger partial charge in [-0.25, -0.2) is 0 Å². The second-order valence-corrected chi connectivity index (χ2v) is 15.2. The van der Waals surface area contributed by atoms with E-state index in [9.17, 15) is 0 Å². The molecule has 11 rings (SSSR count). The van der Waals surface area contributed by atoms with Crippen LogP contribution in [0.3, 0.4) is 0 Å². The van der Waals surface area contributed by atoms with Crippen molar-refractivity contribution in [3.05, 3.63) is 253 Å². The molecule has 0 atom stereocenters. The van der Waals surface area contributed by atoms with Crippen LogP contribution in [0, 0.1) is 0 Å². The first kappa shape index (κ1) is 33.1. The zero-order valence-corrected chi connectivity index (χ0v) is 31.4. The second kappa shape index (κ2) is 13.5. The largest absolute Gasteiger partial charge is 0.0725 e. The quantitative estimate of drug-likeness (QED) is 0.160. The van der Waals surface area contributed by atoms with Gasteiger partial charge < -0.3 is 0 Å². The summed E-state index contributed by atoms with van der Waals surface area (Å²) in [6, 6.07) is 85.2. The highest BCUT2D eigenvalue weighted by molar-refractivity contribution is 5.99. The summed E-state index contributed by atoms with van der Waals surface area (Å²) in [5.74, 6) is 0. The highest BCUT2D eigenvalue weighted by Crippen LogP contribution is 2.59. The van der Waals surface area contributed by atoms with Crippen molar-refractivity contribution in [3.63, 3.8) is 0 Å². The van der Waals surface area contributed by atoms with Gasteiger partial charge in [0.15, 0.2) is 0 Å². The molecule has 266 valence electrons. The molecule has 0 aliphatic heterocycles. The summed E-state index contributed by atoms with van der Waals surface area (Å²) in [4.78, 5) is 0. The maximum absolute atomic E-state index is 2.49. The van der Waals surface area contributed by atoms with E-state index in [-0.39, 0.29) is 0 Å². The molecule has 0 spiro atoms. The molecule has 0 N–H and O–H groups in total. The van der Waals surface area contributed by atoms with Crippen molar-refractivity contribution >= 4 is 21.5 Å². The molecular formula is C57H38. The first-order valence-corrected chi connectivity index (χ1v) is 19.8. The fourth-order valence-electron chi connectivity index (χ4n) is 9.53. The van der Waals surface area contributed by atoms with Crippen LogP contribution in [-0.4, -0.2) is 0 Å². The summed E-state index contributed by atoms with van der Waals surface area (Å²) < 4.78 is 0. The fourth-order valence-corrected chi connectivity index (χ4v) is 9.53. The van der Waals surface area contributed by atoms with Gasteiger partial charge in [-0.05, 0) is 118 Å². The van der Waals surface area contributed by atoms with Crippen LogP contribution >= 0.6 is 0 Å². The summed E-state index contributed by atoms with van der Waals surface area (Å²) >= 11 is 0. The fraction of sp³-hybridized carbons (Fsp3) is 0.0175. The predicted octanol–water partition coefficient (Wildman–Crippen LogP) is 15.0. The normalized spacial score (nSPS) is 12.7. The highest BCUT2D eigenvalue weighted by atomic mass is 14.5. The van der Waals surface area contributed by atoms with Gasteiger partial charge in [-0.2, -0.15) is 0 Å². The molecule has 1 aliphatic rings. The lowest BCUT2D eigenvalue weighted by Crippen LogP contribution is -2.29. The van der Waals surface area contributed by atoms with Crippen molar-refractivity contribution in [1.82, 2.24) is 0 Å². The van der Waals surface area contributed by atoms with Crippen LogP contribution in [0.4, 0.5) is 0 Å². The lowest BCUT2D eigenvalue weighted by molar-refractivity contribution is 0.785. The molecule has 57 heavy (non-hydrogen) atoms. The van der Waals surface area contributed by atoms with E-state index in [1.807, 2.05) is 0 Å². The van der Waals surface area contributed by atoms with Crippen molar-refractivity contribution in [2.24, 2.45) is 0 Å². The van der Waals surface area contributed by atoms with Gasteiger partial charge in [0.05, 0.1) is 5.41 Å². The van der Waals surface area contributed by atoms with Gasteiger partial charge in [-0.15, -0.1) is 0 Å². The van der Waals surface area contributed by atoms with Crippen molar-refractivity contribution in [2.75, 3.05) is 0 Å². The molecular weight excluding hydrogens is 685 g/mol. The topological polar surface area (TPSA) is 0 Å². The maximum Gasteiger partial charge on any atom is 0.0725 e. The first-order valence-electron chi connectivity index (χ1n) is 19.8. The molecule has 0 amide bonds. The zero-order chi connectivity index (χ0) is 37.8. The first-order chi connectivity index (χ1) is 28.3. The molecule has 0 bridgehead atoms. The van der Waals surface area contributed by atoms with Gasteiger partial charge in [0.2, 0.25) is 0 Å². The van der Waals surface area contributed by atoms with Gasteiger partial charge in [-0.3, -0.25) is 0 Å². The average molecular weight is 723 g/mol. The molecule has 0 fully saturated rings. The van der Waals surface area contributed by atoms with E-state index in [1.54, 1.807) is 0 Å². The van der Waals surface area contributed by atoms with Crippen LogP contribution in [0.5, 0.6) is 0 Å². The minimum Gasteiger partial charge on any atom is -0.0622 e. The minimum atomic E-state index is -0.547. The third-order valence-electron chi connectivity index (χ3n) is 12.1. The van der Waals surface area contributed by atoms with Crippen molar-refractivity contribution in [3.8, 4) is 55.6 Å². The third kappa shape index (κ3) is 5.37. The van der Waals surface area contributed by atoms with Crippen molar-refractivity contribution < 1.29 is 0 Å². The second-order valence-electron chi connectivity index (χ2n) is 15.2. The number of rotatable bonds is 6. The maximum atomic E-state index is 2.49. The SMILES string of the molecule is c1ccc(-c2cccc(-c3ccc(-c4cccc(-c5ccc6c(c5)C(c5cccc7ccccc57)(c5cccc7ccccc57)c5ccccc5-6)c4)cc3)c2)cc1. The van der Waals surface area contributed by atoms with Crippen LogP contribution in [-0.2, 0) is 5.41 Å². The molecule has 10 aromatic rings. The van der Waals surface area contributed by atoms with Crippen LogP contribution in [0.1, 0.15) is 22.3 Å². The Bertz CT molecular complexity index is 3020. The van der Waals surface area contributed by atoms with Gasteiger partial charge >= 0.3 is 0 Å². The molecule has 0 radical (unpaired) electrons. The Kier molecular flexibility index (Phi) is 7.83. The summed E-state index contributed by atoms with van der Waals surface area (Å²) in [7, 11) is 0. The molecule has 0 heterocycles. The van der Waals surface area contributed by atoms with E-state index in [0.29, 0.717) is 0 Å². The Labute approximate surface area is 334 Å². The number of hydrogen-bond donors (Lipinski definition) is 0. The van der Waals surface area contributed by atoms with Crippen LogP contribution in [0.2, 0.25) is 0 Å². The molecule has 0 saturated carbocycles. The molecule has 10 aromatic carbocycles. The minimum absolute atomic E-state index is 0.547. The van der Waals surface area contributed by atoms with E-state index in [0.717, 1.165) is 0 Å². The number of benzene rings is 10. The molecule has 1 aliphatic carbocycles. The lowest BCUT2D eigenvalue weighted by Gasteiger charge is -2.36. The Morgan fingerprint density at radius 2 is 0.579 bits per heavy atom. The molecule has 0 unspecified atom stereocenters. The van der Waals surface area contributed by atoms with Gasteiger partial charge in [0.25, 0.3) is 0 Å². The van der Waals surface area contributed by atoms with Gasteiger partial charge in [-0.1, -0.05) is 212 Å². The smallest absolute Gasteiger partial charge is 0.0622 e. The van der Waals surface area contributed by atoms with Crippen LogP contribution in [0.25, 0.3) is 77.2 Å². The van der Waals surface area contributed by atoms with Crippen LogP contribution < -0.4 is 0 Å². The van der Waals surface area contributed by atoms with E-state index in [4.69, 9.17) is 0 Å². The third-order valence-corrected chi connectivity index (χ3v) is 12.1. The van der Waals surface area contributed by atoms with E-state index >= 15 is 0 Å². The molecule has 0 aromatic heterocycles. The van der Waals surface area contributed by atoms with E-state index < -0.39 is 5.41 Å². The summed E-state index contributed by atoms with van der Waals surface area (Å²) in [6.07, 6.45) is 0. The average Bonchev–Trinajstić information content (AvgIpc) is 3.59. The molecule has 0 heteroatoms. The van der Waals surface area contributed by atoms with Gasteiger partial charge in [0, 0.05) is 0 Å². The van der Waals surface area contributed by atoms with E-state index in [2.05, 4.69) is 231 Å². The summed E-state index contributed by atoms with van der Waals surface area (Å²) in [5.41, 5.74) is 17.0. The molecule has 0 saturated heterocycles. The Hall–Kier alpha value is -7.28. The van der Waals surface area contributed by atoms with Crippen molar-refractivity contribution in [1.29, 1.82) is 0 Å². The standard InChI is InChI=1S/C57H38/c1-2-14-39(15-3-1)44-20-10-21-45(36-44)40-30-32-41(33-31-40)46-22-11-23-47(37-46)48-34-35-52-51-26-8-9-27-55(51)57(56(52)38-48,53-28-12-18-42-16-4-6-24-49(42)53)54-29-13-19-43-17-5-7-25-50(43)54/h1-38H. The highest BCUT2D eigenvalue weighted by Gasteiger charge is 2.47. The zero-order valence-electron chi connectivity index (χ0n) is 31.4. The number of hydrogen-bond acceptors (Lipinski definition) is 0. The lowest BCUT2D eigenvalue weighted by atomic mass is 9.65. The Morgan fingerprint density at radius 1 is 0.211 bits per heavy atom.